The summed E-state index contributed by atoms with van der Waals surface area (Å²) in [6.45, 7) is 1.88. The van der Waals surface area contributed by atoms with Gasteiger partial charge in [0.05, 0.1) is 11.1 Å². The largest absolute Gasteiger partial charge is 0.506 e. The van der Waals surface area contributed by atoms with Crippen molar-refractivity contribution < 1.29 is 9.52 Å². The summed E-state index contributed by atoms with van der Waals surface area (Å²) in [4.78, 5) is 16.7. The van der Waals surface area contributed by atoms with E-state index in [9.17, 15) is 9.90 Å². The molecule has 0 radical (unpaired) electrons. The molecule has 0 fully saturated rings. The molecule has 112 valence electrons. The maximum Gasteiger partial charge on any atom is 0.347 e. The second kappa shape index (κ2) is 4.95. The van der Waals surface area contributed by atoms with E-state index in [4.69, 9.17) is 4.42 Å². The third-order valence-corrected chi connectivity index (χ3v) is 3.98. The topological polar surface area (TPSA) is 62.8 Å². The lowest BCUT2D eigenvalue weighted by Gasteiger charge is -2.05. The lowest BCUT2D eigenvalue weighted by Crippen LogP contribution is -2.04. The first-order valence-electron chi connectivity index (χ1n) is 7.27. The predicted octanol–water partition coefficient (Wildman–Crippen LogP) is 4.15. The monoisotopic (exact) mass is 303 g/mol. The number of benzene rings is 2. The second-order valence-corrected chi connectivity index (χ2v) is 5.42. The van der Waals surface area contributed by atoms with E-state index >= 15 is 0 Å². The smallest absolute Gasteiger partial charge is 0.347 e. The molecule has 0 atom stereocenters. The normalized spacial score (nSPS) is 15.0. The molecule has 1 aliphatic rings. The molecular formula is C19H13NO3. The lowest BCUT2D eigenvalue weighted by atomic mass is 10.0. The molecule has 1 N–H and O–H groups in total. The minimum absolute atomic E-state index is 0.0680. The maximum absolute atomic E-state index is 12.2. The third-order valence-electron chi connectivity index (χ3n) is 3.98. The van der Waals surface area contributed by atoms with Crippen LogP contribution in [-0.4, -0.2) is 10.8 Å². The van der Waals surface area contributed by atoms with Gasteiger partial charge in [0.1, 0.15) is 16.9 Å². The molecule has 0 saturated heterocycles. The van der Waals surface area contributed by atoms with Crippen molar-refractivity contribution in [2.24, 2.45) is 4.99 Å². The van der Waals surface area contributed by atoms with E-state index in [1.807, 2.05) is 31.2 Å². The van der Waals surface area contributed by atoms with E-state index in [1.165, 1.54) is 0 Å². The van der Waals surface area contributed by atoms with Crippen LogP contribution in [0.2, 0.25) is 0 Å². The van der Waals surface area contributed by atoms with Gasteiger partial charge >= 0.3 is 5.63 Å². The quantitative estimate of drug-likeness (QED) is 0.687. The van der Waals surface area contributed by atoms with Crippen LogP contribution in [0, 0.1) is 0 Å². The SMILES string of the molecule is CC1=Nc2ccccc2C1=Cc1c(O)c2ccccc2oc1=O. The van der Waals surface area contributed by atoms with Crippen LogP contribution in [-0.2, 0) is 0 Å². The number of nitrogens with zero attached hydrogens (tertiary/aromatic N) is 1. The van der Waals surface area contributed by atoms with E-state index in [0.29, 0.717) is 11.0 Å². The molecule has 0 amide bonds. The van der Waals surface area contributed by atoms with E-state index in [2.05, 4.69) is 4.99 Å². The maximum atomic E-state index is 12.2. The molecule has 0 aliphatic carbocycles. The van der Waals surface area contributed by atoms with Gasteiger partial charge in [-0.2, -0.15) is 0 Å². The zero-order valence-electron chi connectivity index (χ0n) is 12.4. The Morgan fingerprint density at radius 1 is 1.09 bits per heavy atom. The van der Waals surface area contributed by atoms with Crippen LogP contribution < -0.4 is 5.63 Å². The summed E-state index contributed by atoms with van der Waals surface area (Å²) in [6.07, 6.45) is 1.65. The van der Waals surface area contributed by atoms with Crippen molar-refractivity contribution in [2.45, 2.75) is 6.92 Å². The van der Waals surface area contributed by atoms with Gasteiger partial charge in [0.25, 0.3) is 0 Å². The molecule has 1 aromatic heterocycles. The summed E-state index contributed by atoms with van der Waals surface area (Å²) >= 11 is 0. The fourth-order valence-electron chi connectivity index (χ4n) is 2.84. The number of hydrogen-bond acceptors (Lipinski definition) is 4. The highest BCUT2D eigenvalue weighted by molar-refractivity contribution is 6.31. The summed E-state index contributed by atoms with van der Waals surface area (Å²) in [5, 5.41) is 11.0. The van der Waals surface area contributed by atoms with Crippen LogP contribution in [0.1, 0.15) is 18.1 Å². The van der Waals surface area contributed by atoms with Gasteiger partial charge in [0.2, 0.25) is 0 Å². The van der Waals surface area contributed by atoms with E-state index in [-0.39, 0.29) is 11.3 Å². The number of aliphatic imine (C=N–C) groups is 1. The van der Waals surface area contributed by atoms with Gasteiger partial charge in [-0.1, -0.05) is 30.3 Å². The summed E-state index contributed by atoms with van der Waals surface area (Å²) in [5.41, 5.74) is 3.37. The first-order chi connectivity index (χ1) is 11.1. The summed E-state index contributed by atoms with van der Waals surface area (Å²) < 4.78 is 5.31. The van der Waals surface area contributed by atoms with Crippen molar-refractivity contribution in [2.75, 3.05) is 0 Å². The molecule has 0 saturated carbocycles. The molecule has 2 aromatic carbocycles. The minimum atomic E-state index is -0.564. The Kier molecular flexibility index (Phi) is 2.91. The predicted molar refractivity (Wildman–Crippen MR) is 91.2 cm³/mol. The number of aromatic hydroxyl groups is 1. The van der Waals surface area contributed by atoms with Gasteiger partial charge < -0.3 is 9.52 Å². The molecule has 3 aromatic rings. The molecule has 0 bridgehead atoms. The standard InChI is InChI=1S/C19H13NO3/c1-11-14(12-6-2-4-8-16(12)20-11)10-15-18(21)13-7-3-5-9-17(13)23-19(15)22/h2-10,21H,1H3. The minimum Gasteiger partial charge on any atom is -0.506 e. The van der Waals surface area contributed by atoms with Crippen molar-refractivity contribution in [3.63, 3.8) is 0 Å². The average molecular weight is 303 g/mol. The van der Waals surface area contributed by atoms with Crippen molar-refractivity contribution in [1.82, 2.24) is 0 Å². The van der Waals surface area contributed by atoms with Crippen LogP contribution in [0.3, 0.4) is 0 Å². The Labute approximate surface area is 132 Å². The molecule has 4 rings (SSSR count). The highest BCUT2D eigenvalue weighted by Gasteiger charge is 2.19. The molecule has 2 heterocycles. The first kappa shape index (κ1) is 13.5. The van der Waals surface area contributed by atoms with E-state index < -0.39 is 5.63 Å². The van der Waals surface area contributed by atoms with Gasteiger partial charge in [-0.3, -0.25) is 4.99 Å². The molecular weight excluding hydrogens is 290 g/mol. The Bertz CT molecular complexity index is 1060. The fourth-order valence-corrected chi connectivity index (χ4v) is 2.84. The lowest BCUT2D eigenvalue weighted by molar-refractivity contribution is 0.466. The summed E-state index contributed by atoms with van der Waals surface area (Å²) in [5.74, 6) is -0.0680. The molecule has 4 heteroatoms. The van der Waals surface area contributed by atoms with E-state index in [0.717, 1.165) is 22.5 Å². The molecule has 0 unspecified atom stereocenters. The highest BCUT2D eigenvalue weighted by Crippen LogP contribution is 2.37. The number of hydrogen-bond donors (Lipinski definition) is 1. The zero-order chi connectivity index (χ0) is 16.0. The Balaban J connectivity index is 1.98. The molecule has 23 heavy (non-hydrogen) atoms. The van der Waals surface area contributed by atoms with Gasteiger partial charge in [0, 0.05) is 16.8 Å². The van der Waals surface area contributed by atoms with Crippen LogP contribution in [0.5, 0.6) is 5.75 Å². The van der Waals surface area contributed by atoms with Crippen LogP contribution in [0.15, 0.2) is 62.7 Å². The van der Waals surface area contributed by atoms with E-state index in [1.54, 1.807) is 30.3 Å². The number of rotatable bonds is 1. The van der Waals surface area contributed by atoms with Crippen LogP contribution >= 0.6 is 0 Å². The molecule has 4 nitrogen and oxygen atoms in total. The van der Waals surface area contributed by atoms with Gasteiger partial charge in [0.15, 0.2) is 0 Å². The average Bonchev–Trinajstić information content (AvgIpc) is 2.87. The van der Waals surface area contributed by atoms with Crippen molar-refractivity contribution in [3.05, 3.63) is 70.1 Å². The highest BCUT2D eigenvalue weighted by atomic mass is 16.4. The fraction of sp³-hybridized carbons (Fsp3) is 0.0526. The van der Waals surface area contributed by atoms with Gasteiger partial charge in [-0.05, 0) is 31.2 Å². The third kappa shape index (κ3) is 2.07. The second-order valence-electron chi connectivity index (χ2n) is 5.42. The van der Waals surface area contributed by atoms with Crippen LogP contribution in [0.25, 0.3) is 22.6 Å². The van der Waals surface area contributed by atoms with Gasteiger partial charge in [-0.15, -0.1) is 0 Å². The summed E-state index contributed by atoms with van der Waals surface area (Å²) in [7, 11) is 0. The first-order valence-corrected chi connectivity index (χ1v) is 7.27. The number of para-hydroxylation sites is 2. The Hall–Kier alpha value is -3.14. The van der Waals surface area contributed by atoms with Crippen molar-refractivity contribution in [3.8, 4) is 5.75 Å². The number of fused-ring (bicyclic) bond motifs is 2. The number of allylic oxidation sites excluding steroid dienone is 1. The Morgan fingerprint density at radius 3 is 2.70 bits per heavy atom. The molecule has 1 aliphatic heterocycles. The van der Waals surface area contributed by atoms with Crippen molar-refractivity contribution >= 4 is 34.0 Å². The summed E-state index contributed by atoms with van der Waals surface area (Å²) in [6, 6.07) is 14.6. The Morgan fingerprint density at radius 2 is 1.83 bits per heavy atom. The van der Waals surface area contributed by atoms with Crippen LogP contribution in [0.4, 0.5) is 5.69 Å². The van der Waals surface area contributed by atoms with Crippen molar-refractivity contribution in [1.29, 1.82) is 0 Å². The molecule has 0 spiro atoms. The van der Waals surface area contributed by atoms with Gasteiger partial charge in [-0.25, -0.2) is 4.79 Å². The zero-order valence-corrected chi connectivity index (χ0v) is 12.4.